The predicted octanol–water partition coefficient (Wildman–Crippen LogP) is 2.90. The molecule has 0 unspecified atom stereocenters. The minimum Gasteiger partial charge on any atom is -0.376 e. The summed E-state index contributed by atoms with van der Waals surface area (Å²) in [6.45, 7) is 1.01. The number of benzene rings is 1. The molecule has 1 aliphatic rings. The molecule has 0 bridgehead atoms. The SMILES string of the molecule is O=c1[nH]c(CSc2ccccc2Br)nc2c1COCC2. The van der Waals surface area contributed by atoms with Crippen molar-refractivity contribution in [3.8, 4) is 0 Å². The van der Waals surface area contributed by atoms with Crippen molar-refractivity contribution in [3.05, 3.63) is 56.2 Å². The molecule has 1 aromatic carbocycles. The highest BCUT2D eigenvalue weighted by Crippen LogP contribution is 2.28. The summed E-state index contributed by atoms with van der Waals surface area (Å²) in [5.41, 5.74) is 1.48. The number of rotatable bonds is 3. The minimum absolute atomic E-state index is 0.0718. The third-order valence-electron chi connectivity index (χ3n) is 3.08. The lowest BCUT2D eigenvalue weighted by molar-refractivity contribution is 0.108. The molecular weight excluding hydrogens is 340 g/mol. The lowest BCUT2D eigenvalue weighted by atomic mass is 10.1. The second kappa shape index (κ2) is 6.11. The second-order valence-electron chi connectivity index (χ2n) is 4.46. The third kappa shape index (κ3) is 2.97. The smallest absolute Gasteiger partial charge is 0.256 e. The Kier molecular flexibility index (Phi) is 4.24. The summed E-state index contributed by atoms with van der Waals surface area (Å²) < 4.78 is 6.34. The largest absolute Gasteiger partial charge is 0.376 e. The van der Waals surface area contributed by atoms with Crippen LogP contribution >= 0.6 is 27.7 Å². The number of fused-ring (bicyclic) bond motifs is 1. The number of aromatic nitrogens is 2. The molecule has 0 amide bonds. The molecule has 1 aromatic heterocycles. The second-order valence-corrected chi connectivity index (χ2v) is 6.33. The van der Waals surface area contributed by atoms with E-state index in [0.29, 0.717) is 31.0 Å². The Morgan fingerprint density at radius 2 is 2.25 bits per heavy atom. The van der Waals surface area contributed by atoms with E-state index in [4.69, 9.17) is 4.74 Å². The number of hydrogen-bond acceptors (Lipinski definition) is 4. The van der Waals surface area contributed by atoms with Crippen molar-refractivity contribution in [2.45, 2.75) is 23.7 Å². The van der Waals surface area contributed by atoms with Crippen LogP contribution in [0.4, 0.5) is 0 Å². The molecule has 0 atom stereocenters. The van der Waals surface area contributed by atoms with E-state index in [1.807, 2.05) is 24.3 Å². The molecule has 3 rings (SSSR count). The molecule has 1 aliphatic heterocycles. The molecule has 0 fully saturated rings. The average Bonchev–Trinajstić information content (AvgIpc) is 2.46. The van der Waals surface area contributed by atoms with Crippen LogP contribution < -0.4 is 5.56 Å². The zero-order valence-electron chi connectivity index (χ0n) is 10.7. The fourth-order valence-corrected chi connectivity index (χ4v) is 3.51. The van der Waals surface area contributed by atoms with Gasteiger partial charge in [-0.15, -0.1) is 11.8 Å². The number of hydrogen-bond donors (Lipinski definition) is 1. The van der Waals surface area contributed by atoms with Gasteiger partial charge in [-0.05, 0) is 28.1 Å². The molecule has 1 N–H and O–H groups in total. The molecular formula is C14H13BrN2O2S. The minimum atomic E-state index is -0.0718. The van der Waals surface area contributed by atoms with Gasteiger partial charge in [0.25, 0.3) is 5.56 Å². The molecule has 0 saturated heterocycles. The van der Waals surface area contributed by atoms with Gasteiger partial charge in [0.15, 0.2) is 0 Å². The highest BCUT2D eigenvalue weighted by Gasteiger charge is 2.16. The summed E-state index contributed by atoms with van der Waals surface area (Å²) in [5.74, 6) is 1.36. The van der Waals surface area contributed by atoms with Gasteiger partial charge in [0, 0.05) is 15.8 Å². The molecule has 2 aromatic rings. The van der Waals surface area contributed by atoms with Crippen LogP contribution in [0.2, 0.25) is 0 Å². The van der Waals surface area contributed by atoms with Crippen LogP contribution in [0.1, 0.15) is 17.1 Å². The maximum Gasteiger partial charge on any atom is 0.256 e. The summed E-state index contributed by atoms with van der Waals surface area (Å²) in [6, 6.07) is 8.02. The van der Waals surface area contributed by atoms with Gasteiger partial charge in [0.05, 0.1) is 30.2 Å². The first kappa shape index (κ1) is 13.9. The van der Waals surface area contributed by atoms with Crippen molar-refractivity contribution in [2.75, 3.05) is 6.61 Å². The van der Waals surface area contributed by atoms with Crippen molar-refractivity contribution >= 4 is 27.7 Å². The monoisotopic (exact) mass is 352 g/mol. The Hall–Kier alpha value is -1.11. The predicted molar refractivity (Wildman–Crippen MR) is 81.9 cm³/mol. The fraction of sp³-hybridized carbons (Fsp3) is 0.286. The van der Waals surface area contributed by atoms with Crippen molar-refractivity contribution in [2.24, 2.45) is 0 Å². The van der Waals surface area contributed by atoms with Gasteiger partial charge in [0.1, 0.15) is 5.82 Å². The third-order valence-corrected chi connectivity index (χ3v) is 5.12. The number of thioether (sulfide) groups is 1. The van der Waals surface area contributed by atoms with Gasteiger partial charge in [-0.3, -0.25) is 4.79 Å². The van der Waals surface area contributed by atoms with Crippen LogP contribution in [0.25, 0.3) is 0 Å². The van der Waals surface area contributed by atoms with E-state index in [-0.39, 0.29) is 5.56 Å². The Balaban J connectivity index is 1.80. The first-order valence-electron chi connectivity index (χ1n) is 6.30. The summed E-state index contributed by atoms with van der Waals surface area (Å²) >= 11 is 5.16. The first-order chi connectivity index (χ1) is 9.74. The molecule has 0 aliphatic carbocycles. The zero-order chi connectivity index (χ0) is 13.9. The summed E-state index contributed by atoms with van der Waals surface area (Å²) in [7, 11) is 0. The molecule has 104 valence electrons. The highest BCUT2D eigenvalue weighted by atomic mass is 79.9. The molecule has 2 heterocycles. The normalized spacial score (nSPS) is 14.1. The van der Waals surface area contributed by atoms with Gasteiger partial charge >= 0.3 is 0 Å². The van der Waals surface area contributed by atoms with Gasteiger partial charge in [-0.1, -0.05) is 12.1 Å². The topological polar surface area (TPSA) is 55.0 Å². The van der Waals surface area contributed by atoms with E-state index >= 15 is 0 Å². The van der Waals surface area contributed by atoms with Crippen LogP contribution in [0.15, 0.2) is 38.4 Å². The van der Waals surface area contributed by atoms with Crippen LogP contribution in [-0.4, -0.2) is 16.6 Å². The standard InChI is InChI=1S/C14H13BrN2O2S/c15-10-3-1-2-4-12(10)20-8-13-16-11-5-6-19-7-9(11)14(18)17-13/h1-4H,5-8H2,(H,16,17,18). The number of nitrogens with one attached hydrogen (secondary N) is 1. The Morgan fingerprint density at radius 1 is 1.40 bits per heavy atom. The van der Waals surface area contributed by atoms with Crippen LogP contribution in [-0.2, 0) is 23.5 Å². The first-order valence-corrected chi connectivity index (χ1v) is 8.08. The number of halogens is 1. The number of aromatic amines is 1. The molecule has 20 heavy (non-hydrogen) atoms. The van der Waals surface area contributed by atoms with Gasteiger partial charge < -0.3 is 9.72 Å². The van der Waals surface area contributed by atoms with E-state index in [2.05, 4.69) is 25.9 Å². The molecule has 0 spiro atoms. The Morgan fingerprint density at radius 3 is 3.10 bits per heavy atom. The summed E-state index contributed by atoms with van der Waals surface area (Å²) in [4.78, 5) is 20.5. The van der Waals surface area contributed by atoms with E-state index in [1.54, 1.807) is 11.8 Å². The number of H-pyrrole nitrogens is 1. The quantitative estimate of drug-likeness (QED) is 0.863. The van der Waals surface area contributed by atoms with Crippen molar-refractivity contribution in [3.63, 3.8) is 0 Å². The Bertz CT molecular complexity index is 687. The van der Waals surface area contributed by atoms with Crippen molar-refractivity contribution in [1.82, 2.24) is 9.97 Å². The van der Waals surface area contributed by atoms with E-state index in [1.165, 1.54) is 0 Å². The highest BCUT2D eigenvalue weighted by molar-refractivity contribution is 9.10. The van der Waals surface area contributed by atoms with Gasteiger partial charge in [0.2, 0.25) is 0 Å². The van der Waals surface area contributed by atoms with Crippen LogP contribution in [0, 0.1) is 0 Å². The molecule has 0 saturated carbocycles. The van der Waals surface area contributed by atoms with Crippen molar-refractivity contribution in [1.29, 1.82) is 0 Å². The van der Waals surface area contributed by atoms with E-state index in [9.17, 15) is 4.79 Å². The van der Waals surface area contributed by atoms with E-state index < -0.39 is 0 Å². The summed E-state index contributed by atoms with van der Waals surface area (Å²) in [5, 5.41) is 0. The lowest BCUT2D eigenvalue weighted by Gasteiger charge is -2.15. The molecule has 0 radical (unpaired) electrons. The summed E-state index contributed by atoms with van der Waals surface area (Å²) in [6.07, 6.45) is 0.714. The van der Waals surface area contributed by atoms with Gasteiger partial charge in [-0.25, -0.2) is 4.98 Å². The average molecular weight is 353 g/mol. The van der Waals surface area contributed by atoms with Crippen molar-refractivity contribution < 1.29 is 4.74 Å². The zero-order valence-corrected chi connectivity index (χ0v) is 13.1. The number of nitrogens with zero attached hydrogens (tertiary/aromatic N) is 1. The molecule has 4 nitrogen and oxygen atoms in total. The lowest BCUT2D eigenvalue weighted by Crippen LogP contribution is -2.25. The fourth-order valence-electron chi connectivity index (χ4n) is 2.07. The van der Waals surface area contributed by atoms with Crippen LogP contribution in [0.5, 0.6) is 0 Å². The maximum absolute atomic E-state index is 12.0. The number of ether oxygens (including phenoxy) is 1. The molecule has 6 heteroatoms. The van der Waals surface area contributed by atoms with Crippen LogP contribution in [0.3, 0.4) is 0 Å². The Labute approximate surface area is 129 Å². The van der Waals surface area contributed by atoms with Gasteiger partial charge in [-0.2, -0.15) is 0 Å². The van der Waals surface area contributed by atoms with E-state index in [0.717, 1.165) is 20.9 Å². The maximum atomic E-state index is 12.0.